The standard InChI is InChI=1S/C25H28N4O6/c1-14(2)20(22(31)26-15(3)24(33)34)28-21(30)19(13-16-9-5-4-6-10-16)29-23(32)17-11-7-8-12-18(17)27-25(29)35/h4-12,14-15,19-20H,13H2,1-3H3,(H,26,31)(H,27,35)(H,28,30)(H,33,34)/t15-,19-,20-/m0/s1. The molecule has 184 valence electrons. The second-order valence-corrected chi connectivity index (χ2v) is 8.66. The second kappa shape index (κ2) is 10.8. The molecule has 0 aliphatic carbocycles. The zero-order chi connectivity index (χ0) is 25.7. The van der Waals surface area contributed by atoms with Crippen molar-refractivity contribution in [3.63, 3.8) is 0 Å². The van der Waals surface area contributed by atoms with Crippen LogP contribution >= 0.6 is 0 Å². The Balaban J connectivity index is 2.03. The molecular formula is C25H28N4O6. The summed E-state index contributed by atoms with van der Waals surface area (Å²) in [6.45, 7) is 4.69. The molecule has 3 rings (SSSR count). The molecule has 0 bridgehead atoms. The summed E-state index contributed by atoms with van der Waals surface area (Å²) in [5.41, 5.74) is -0.336. The van der Waals surface area contributed by atoms with Crippen LogP contribution in [0.15, 0.2) is 64.2 Å². The van der Waals surface area contributed by atoms with Crippen molar-refractivity contribution in [2.75, 3.05) is 0 Å². The molecule has 0 radical (unpaired) electrons. The SMILES string of the molecule is CC(C)[C@H](NC(=O)[C@H](Cc1ccccc1)n1c(=O)[nH]c2ccccc2c1=O)C(=O)N[C@@H](C)C(=O)O. The van der Waals surface area contributed by atoms with Gasteiger partial charge in [0.15, 0.2) is 0 Å². The fraction of sp³-hybridized carbons (Fsp3) is 0.320. The van der Waals surface area contributed by atoms with E-state index in [0.717, 1.165) is 4.57 Å². The van der Waals surface area contributed by atoms with Gasteiger partial charge in [0.2, 0.25) is 11.8 Å². The number of para-hydroxylation sites is 1. The van der Waals surface area contributed by atoms with Crippen molar-refractivity contribution in [1.82, 2.24) is 20.2 Å². The van der Waals surface area contributed by atoms with Gasteiger partial charge in [-0.25, -0.2) is 9.36 Å². The Bertz CT molecular complexity index is 1350. The van der Waals surface area contributed by atoms with E-state index in [1.54, 1.807) is 68.4 Å². The normalized spacial score (nSPS) is 13.7. The molecule has 0 fully saturated rings. The highest BCUT2D eigenvalue weighted by atomic mass is 16.4. The molecule has 1 heterocycles. The number of carbonyl (C=O) groups is 3. The maximum Gasteiger partial charge on any atom is 0.329 e. The number of hydrogen-bond acceptors (Lipinski definition) is 5. The van der Waals surface area contributed by atoms with E-state index in [2.05, 4.69) is 15.6 Å². The van der Waals surface area contributed by atoms with Crippen LogP contribution in [0.25, 0.3) is 10.9 Å². The molecule has 0 saturated carbocycles. The van der Waals surface area contributed by atoms with Crippen molar-refractivity contribution in [2.45, 2.75) is 45.3 Å². The number of aromatic nitrogens is 2. The number of carbonyl (C=O) groups excluding carboxylic acids is 2. The predicted molar refractivity (Wildman–Crippen MR) is 130 cm³/mol. The summed E-state index contributed by atoms with van der Waals surface area (Å²) in [7, 11) is 0. The minimum atomic E-state index is -1.26. The second-order valence-electron chi connectivity index (χ2n) is 8.66. The lowest BCUT2D eigenvalue weighted by Gasteiger charge is -2.26. The van der Waals surface area contributed by atoms with Crippen LogP contribution in [0, 0.1) is 5.92 Å². The van der Waals surface area contributed by atoms with Crippen molar-refractivity contribution in [3.8, 4) is 0 Å². The molecule has 4 N–H and O–H groups in total. The topological polar surface area (TPSA) is 150 Å². The third kappa shape index (κ3) is 5.84. The Hall–Kier alpha value is -4.21. The summed E-state index contributed by atoms with van der Waals surface area (Å²) in [4.78, 5) is 66.3. The zero-order valence-corrected chi connectivity index (χ0v) is 19.6. The molecule has 35 heavy (non-hydrogen) atoms. The van der Waals surface area contributed by atoms with Gasteiger partial charge in [-0.1, -0.05) is 56.3 Å². The molecule has 3 aromatic rings. The molecule has 0 unspecified atom stereocenters. The van der Waals surface area contributed by atoms with Gasteiger partial charge in [-0.05, 0) is 30.5 Å². The number of rotatable bonds is 9. The van der Waals surface area contributed by atoms with E-state index in [4.69, 9.17) is 5.11 Å². The summed E-state index contributed by atoms with van der Waals surface area (Å²) in [6.07, 6.45) is 0.0198. The summed E-state index contributed by atoms with van der Waals surface area (Å²) < 4.78 is 0.861. The number of carboxylic acid groups (broad SMARTS) is 1. The average molecular weight is 481 g/mol. The maximum absolute atomic E-state index is 13.5. The first-order chi connectivity index (χ1) is 16.6. The van der Waals surface area contributed by atoms with Crippen molar-refractivity contribution < 1.29 is 19.5 Å². The van der Waals surface area contributed by atoms with Gasteiger partial charge in [-0.2, -0.15) is 0 Å². The maximum atomic E-state index is 13.5. The molecule has 0 aliphatic heterocycles. The number of H-pyrrole nitrogens is 1. The number of hydrogen-bond donors (Lipinski definition) is 4. The Morgan fingerprint density at radius 2 is 1.54 bits per heavy atom. The van der Waals surface area contributed by atoms with Gasteiger partial charge >= 0.3 is 11.7 Å². The fourth-order valence-corrected chi connectivity index (χ4v) is 3.75. The van der Waals surface area contributed by atoms with Gasteiger partial charge in [-0.3, -0.25) is 19.2 Å². The highest BCUT2D eigenvalue weighted by Crippen LogP contribution is 2.15. The predicted octanol–water partition coefficient (Wildman–Crippen LogP) is 1.20. The van der Waals surface area contributed by atoms with Gasteiger partial charge in [0.05, 0.1) is 10.9 Å². The van der Waals surface area contributed by atoms with Gasteiger partial charge in [0, 0.05) is 6.42 Å². The zero-order valence-electron chi connectivity index (χ0n) is 19.6. The molecule has 10 heteroatoms. The minimum Gasteiger partial charge on any atom is -0.480 e. The number of amides is 2. The number of nitrogens with one attached hydrogen (secondary N) is 3. The fourth-order valence-electron chi connectivity index (χ4n) is 3.75. The van der Waals surface area contributed by atoms with E-state index in [1.165, 1.54) is 6.92 Å². The Kier molecular flexibility index (Phi) is 7.85. The van der Waals surface area contributed by atoms with Crippen LogP contribution in [0.5, 0.6) is 0 Å². The molecule has 0 aliphatic rings. The van der Waals surface area contributed by atoms with E-state index < -0.39 is 53.1 Å². The Labute approximate surface area is 201 Å². The van der Waals surface area contributed by atoms with Gasteiger partial charge < -0.3 is 20.7 Å². The molecule has 3 atom stereocenters. The average Bonchev–Trinajstić information content (AvgIpc) is 2.82. The largest absolute Gasteiger partial charge is 0.480 e. The highest BCUT2D eigenvalue weighted by molar-refractivity contribution is 5.91. The van der Waals surface area contributed by atoms with Crippen LogP contribution < -0.4 is 21.9 Å². The monoisotopic (exact) mass is 480 g/mol. The van der Waals surface area contributed by atoms with Crippen LogP contribution in [0.3, 0.4) is 0 Å². The summed E-state index contributed by atoms with van der Waals surface area (Å²) in [5.74, 6) is -3.01. The van der Waals surface area contributed by atoms with Crippen molar-refractivity contribution in [2.24, 2.45) is 5.92 Å². The van der Waals surface area contributed by atoms with E-state index >= 15 is 0 Å². The third-order valence-electron chi connectivity index (χ3n) is 5.70. The summed E-state index contributed by atoms with van der Waals surface area (Å²) >= 11 is 0. The lowest BCUT2D eigenvalue weighted by atomic mass is 10.0. The first-order valence-electron chi connectivity index (χ1n) is 11.2. The van der Waals surface area contributed by atoms with E-state index in [0.29, 0.717) is 11.1 Å². The van der Waals surface area contributed by atoms with Gasteiger partial charge in [0.1, 0.15) is 18.1 Å². The van der Waals surface area contributed by atoms with E-state index in [-0.39, 0.29) is 11.8 Å². The van der Waals surface area contributed by atoms with E-state index in [9.17, 15) is 24.0 Å². The molecule has 0 spiro atoms. The van der Waals surface area contributed by atoms with Crippen LogP contribution in [-0.4, -0.2) is 44.5 Å². The number of aromatic amines is 1. The van der Waals surface area contributed by atoms with Gasteiger partial charge in [-0.15, -0.1) is 0 Å². The summed E-state index contributed by atoms with van der Waals surface area (Å²) in [6, 6.07) is 11.9. The number of aliphatic carboxylic acids is 1. The first kappa shape index (κ1) is 25.4. The number of carboxylic acids is 1. The highest BCUT2D eigenvalue weighted by Gasteiger charge is 2.32. The van der Waals surface area contributed by atoms with Crippen LogP contribution in [0.4, 0.5) is 0 Å². The third-order valence-corrected chi connectivity index (χ3v) is 5.70. The Morgan fingerprint density at radius 1 is 0.914 bits per heavy atom. The van der Waals surface area contributed by atoms with Crippen LogP contribution in [-0.2, 0) is 20.8 Å². The van der Waals surface area contributed by atoms with Crippen molar-refractivity contribution in [1.29, 1.82) is 0 Å². The van der Waals surface area contributed by atoms with Crippen LogP contribution in [0.1, 0.15) is 32.4 Å². The van der Waals surface area contributed by atoms with Gasteiger partial charge in [0.25, 0.3) is 5.56 Å². The summed E-state index contributed by atoms with van der Waals surface area (Å²) in [5, 5.41) is 14.3. The van der Waals surface area contributed by atoms with E-state index in [1.807, 2.05) is 0 Å². The lowest BCUT2D eigenvalue weighted by Crippen LogP contribution is -2.55. The molecule has 10 nitrogen and oxygen atoms in total. The molecule has 0 saturated heterocycles. The lowest BCUT2D eigenvalue weighted by molar-refractivity contribution is -0.142. The smallest absolute Gasteiger partial charge is 0.329 e. The molecular weight excluding hydrogens is 452 g/mol. The first-order valence-corrected chi connectivity index (χ1v) is 11.2. The Morgan fingerprint density at radius 3 is 2.17 bits per heavy atom. The minimum absolute atomic E-state index is 0.0198. The van der Waals surface area contributed by atoms with Crippen LogP contribution in [0.2, 0.25) is 0 Å². The van der Waals surface area contributed by atoms with Crippen molar-refractivity contribution in [3.05, 3.63) is 81.0 Å². The van der Waals surface area contributed by atoms with Crippen molar-refractivity contribution >= 4 is 28.7 Å². The molecule has 1 aromatic heterocycles. The molecule has 2 aromatic carbocycles. The quantitative estimate of drug-likeness (QED) is 0.361. The number of nitrogens with zero attached hydrogens (tertiary/aromatic N) is 1. The number of benzene rings is 2. The molecule has 2 amide bonds. The number of fused-ring (bicyclic) bond motifs is 1.